The first-order valence-corrected chi connectivity index (χ1v) is 12.1. The number of hydrogen-bond donors (Lipinski definition) is 0. The van der Waals surface area contributed by atoms with E-state index in [1.807, 2.05) is 0 Å². The molecule has 1 aromatic carbocycles. The van der Waals surface area contributed by atoms with Gasteiger partial charge in [0.25, 0.3) is 5.91 Å². The third-order valence-corrected chi connectivity index (χ3v) is 8.19. The molecule has 2 aromatic rings. The van der Waals surface area contributed by atoms with E-state index in [9.17, 15) is 17.6 Å². The fraction of sp³-hybridized carbons (Fsp3) is 0.476. The molecule has 2 saturated heterocycles. The van der Waals surface area contributed by atoms with Crippen molar-refractivity contribution in [3.05, 3.63) is 52.2 Å². The van der Waals surface area contributed by atoms with Gasteiger partial charge in [-0.25, -0.2) is 12.8 Å². The minimum atomic E-state index is -3.64. The number of sulfonamides is 1. The Hall–Kier alpha value is -1.94. The number of rotatable bonds is 5. The monoisotopic (exact) mass is 469 g/mol. The summed E-state index contributed by atoms with van der Waals surface area (Å²) in [6.07, 6.45) is 1.69. The van der Waals surface area contributed by atoms with Crippen LogP contribution in [0.3, 0.4) is 0 Å². The number of halogens is 2. The summed E-state index contributed by atoms with van der Waals surface area (Å²) >= 11 is 6.11. The molecule has 0 atom stereocenters. The van der Waals surface area contributed by atoms with Crippen LogP contribution >= 0.6 is 11.6 Å². The van der Waals surface area contributed by atoms with Crippen molar-refractivity contribution in [1.29, 1.82) is 0 Å². The van der Waals surface area contributed by atoms with Crippen molar-refractivity contribution < 1.29 is 22.0 Å². The fourth-order valence-electron chi connectivity index (χ4n) is 4.05. The van der Waals surface area contributed by atoms with Crippen molar-refractivity contribution in [3.8, 4) is 0 Å². The third kappa shape index (κ3) is 4.64. The van der Waals surface area contributed by atoms with Gasteiger partial charge in [-0.3, -0.25) is 9.69 Å². The van der Waals surface area contributed by atoms with E-state index in [1.54, 1.807) is 17.9 Å². The van der Waals surface area contributed by atoms with Crippen LogP contribution in [0, 0.1) is 12.7 Å². The van der Waals surface area contributed by atoms with E-state index in [4.69, 9.17) is 16.0 Å². The number of hydrogen-bond acceptors (Lipinski definition) is 5. The summed E-state index contributed by atoms with van der Waals surface area (Å²) in [7, 11) is -3.64. The van der Waals surface area contributed by atoms with Gasteiger partial charge in [0.15, 0.2) is 5.76 Å². The van der Waals surface area contributed by atoms with Crippen molar-refractivity contribution in [2.45, 2.75) is 31.2 Å². The largest absolute Gasteiger partial charge is 0.455 e. The van der Waals surface area contributed by atoms with Crippen LogP contribution in [0.1, 0.15) is 34.7 Å². The molecular weight excluding hydrogens is 445 g/mol. The van der Waals surface area contributed by atoms with Gasteiger partial charge in [0.05, 0.1) is 0 Å². The van der Waals surface area contributed by atoms with Gasteiger partial charge in [0.1, 0.15) is 16.5 Å². The molecule has 2 aliphatic rings. The molecule has 1 aromatic heterocycles. The second-order valence-electron chi connectivity index (χ2n) is 7.95. The Morgan fingerprint density at radius 3 is 2.42 bits per heavy atom. The molecule has 31 heavy (non-hydrogen) atoms. The number of piperazine rings is 1. The second kappa shape index (κ2) is 8.90. The molecule has 3 heterocycles. The van der Waals surface area contributed by atoms with Crippen molar-refractivity contribution in [1.82, 2.24) is 14.1 Å². The Morgan fingerprint density at radius 1 is 1.10 bits per heavy atom. The van der Waals surface area contributed by atoms with Gasteiger partial charge >= 0.3 is 0 Å². The Morgan fingerprint density at radius 2 is 1.77 bits per heavy atom. The van der Waals surface area contributed by atoms with Crippen LogP contribution < -0.4 is 0 Å². The summed E-state index contributed by atoms with van der Waals surface area (Å²) in [4.78, 5) is 16.8. The number of carbonyl (C=O) groups excluding carboxylic acids is 1. The highest BCUT2D eigenvalue weighted by Gasteiger charge is 2.33. The van der Waals surface area contributed by atoms with Gasteiger partial charge in [0.2, 0.25) is 10.0 Å². The number of aryl methyl sites for hydroxylation is 1. The molecule has 0 spiro atoms. The molecule has 0 radical (unpaired) electrons. The maximum atomic E-state index is 13.2. The molecule has 1 amide bonds. The Kier molecular flexibility index (Phi) is 6.39. The SMILES string of the molecule is Cc1oc(C(=O)N2CCN(Cc3ccc(F)cc3Cl)CC2)cc1S(=O)(=O)N1CCCC1. The van der Waals surface area contributed by atoms with Gasteiger partial charge < -0.3 is 9.32 Å². The number of nitrogens with zero attached hydrogens (tertiary/aromatic N) is 3. The lowest BCUT2D eigenvalue weighted by molar-refractivity contribution is 0.0596. The minimum Gasteiger partial charge on any atom is -0.455 e. The first-order chi connectivity index (χ1) is 14.8. The van der Waals surface area contributed by atoms with Crippen LogP contribution in [-0.2, 0) is 16.6 Å². The quantitative estimate of drug-likeness (QED) is 0.672. The molecule has 0 saturated carbocycles. The van der Waals surface area contributed by atoms with Crippen molar-refractivity contribution in [2.24, 2.45) is 0 Å². The summed E-state index contributed by atoms with van der Waals surface area (Å²) in [5, 5.41) is 0.385. The lowest BCUT2D eigenvalue weighted by atomic mass is 10.2. The van der Waals surface area contributed by atoms with Crippen molar-refractivity contribution in [3.63, 3.8) is 0 Å². The summed E-state index contributed by atoms with van der Waals surface area (Å²) in [6.45, 7) is 5.34. The highest BCUT2D eigenvalue weighted by molar-refractivity contribution is 7.89. The zero-order valence-electron chi connectivity index (χ0n) is 17.3. The molecule has 0 unspecified atom stereocenters. The molecule has 10 heteroatoms. The molecule has 0 bridgehead atoms. The first kappa shape index (κ1) is 22.3. The highest BCUT2D eigenvalue weighted by atomic mass is 35.5. The highest BCUT2D eigenvalue weighted by Crippen LogP contribution is 2.27. The van der Waals surface area contributed by atoms with E-state index < -0.39 is 10.0 Å². The van der Waals surface area contributed by atoms with Crippen LogP contribution in [-0.4, -0.2) is 67.7 Å². The van der Waals surface area contributed by atoms with E-state index >= 15 is 0 Å². The molecule has 0 N–H and O–H groups in total. The smallest absolute Gasteiger partial charge is 0.289 e. The molecule has 0 aliphatic carbocycles. The Bertz CT molecular complexity index is 1070. The number of carbonyl (C=O) groups is 1. The lowest BCUT2D eigenvalue weighted by Gasteiger charge is -2.34. The van der Waals surface area contributed by atoms with Gasteiger partial charge in [-0.1, -0.05) is 17.7 Å². The standard InChI is InChI=1S/C21H25ClFN3O4S/c1-15-20(31(28,29)26-6-2-3-7-26)13-19(30-15)21(27)25-10-8-24(9-11-25)14-16-4-5-17(23)12-18(16)22/h4-5,12-13H,2-3,6-11,14H2,1H3. The van der Waals surface area contributed by atoms with Crippen molar-refractivity contribution in [2.75, 3.05) is 39.3 Å². The van der Waals surface area contributed by atoms with Gasteiger partial charge in [-0.15, -0.1) is 0 Å². The van der Waals surface area contributed by atoms with E-state index in [-0.39, 0.29) is 28.1 Å². The molecular formula is C21H25ClFN3O4S. The van der Waals surface area contributed by atoms with E-state index in [0.717, 1.165) is 18.4 Å². The van der Waals surface area contributed by atoms with E-state index in [1.165, 1.54) is 22.5 Å². The van der Waals surface area contributed by atoms with E-state index in [2.05, 4.69) is 4.90 Å². The molecule has 7 nitrogen and oxygen atoms in total. The van der Waals surface area contributed by atoms with Crippen LogP contribution in [0.2, 0.25) is 5.02 Å². The predicted molar refractivity (Wildman–Crippen MR) is 114 cm³/mol. The first-order valence-electron chi connectivity index (χ1n) is 10.3. The van der Waals surface area contributed by atoms with Gasteiger partial charge in [-0.05, 0) is 37.5 Å². The predicted octanol–water partition coefficient (Wildman–Crippen LogP) is 3.12. The number of benzene rings is 1. The van der Waals surface area contributed by atoms with E-state index in [0.29, 0.717) is 50.8 Å². The molecule has 168 valence electrons. The second-order valence-corrected chi connectivity index (χ2v) is 10.3. The molecule has 4 rings (SSSR count). The Balaban J connectivity index is 1.40. The zero-order valence-corrected chi connectivity index (χ0v) is 18.9. The summed E-state index contributed by atoms with van der Waals surface area (Å²) in [6, 6.07) is 5.71. The van der Waals surface area contributed by atoms with Crippen molar-refractivity contribution >= 4 is 27.5 Å². The third-order valence-electron chi connectivity index (χ3n) is 5.83. The lowest BCUT2D eigenvalue weighted by Crippen LogP contribution is -2.48. The maximum Gasteiger partial charge on any atom is 0.289 e. The fourth-order valence-corrected chi connectivity index (χ4v) is 5.96. The van der Waals surface area contributed by atoms with Crippen LogP contribution in [0.5, 0.6) is 0 Å². The summed E-state index contributed by atoms with van der Waals surface area (Å²) in [5.41, 5.74) is 0.835. The molecule has 2 fully saturated rings. The van der Waals surface area contributed by atoms with Crippen LogP contribution in [0.4, 0.5) is 4.39 Å². The maximum absolute atomic E-state index is 13.2. The average Bonchev–Trinajstić information content (AvgIpc) is 3.41. The zero-order chi connectivity index (χ0) is 22.2. The summed E-state index contributed by atoms with van der Waals surface area (Å²) < 4.78 is 45.9. The van der Waals surface area contributed by atoms with Crippen LogP contribution in [0.25, 0.3) is 0 Å². The molecule has 2 aliphatic heterocycles. The van der Waals surface area contributed by atoms with Crippen LogP contribution in [0.15, 0.2) is 33.6 Å². The minimum absolute atomic E-state index is 0.0466. The normalized spacial score (nSPS) is 18.6. The van der Waals surface area contributed by atoms with Gasteiger partial charge in [-0.2, -0.15) is 4.31 Å². The number of furan rings is 1. The van der Waals surface area contributed by atoms with Gasteiger partial charge in [0, 0.05) is 56.9 Å². The number of amides is 1. The topological polar surface area (TPSA) is 74.1 Å². The average molecular weight is 470 g/mol. The summed E-state index contributed by atoms with van der Waals surface area (Å²) in [5.74, 6) is -0.403. The Labute approximate surface area is 186 Å².